The molecular weight excluding hydrogens is 346 g/mol. The van der Waals surface area contributed by atoms with Crippen molar-refractivity contribution in [2.45, 2.75) is 19.3 Å². The Bertz CT molecular complexity index is 861. The van der Waals surface area contributed by atoms with Gasteiger partial charge in [0.05, 0.1) is 5.56 Å². The quantitative estimate of drug-likeness (QED) is 0.668. The Hall–Kier alpha value is -2.80. The molecule has 0 aliphatic heterocycles. The second-order valence-corrected chi connectivity index (χ2v) is 7.48. The molecule has 1 amide bonds. The van der Waals surface area contributed by atoms with Crippen LogP contribution < -0.4 is 10.6 Å². The van der Waals surface area contributed by atoms with Crippen molar-refractivity contribution in [1.29, 1.82) is 0 Å². The summed E-state index contributed by atoms with van der Waals surface area (Å²) in [4.78, 5) is 16.5. The van der Waals surface area contributed by atoms with Gasteiger partial charge in [0.2, 0.25) is 5.13 Å². The van der Waals surface area contributed by atoms with E-state index in [2.05, 4.69) is 50.1 Å². The molecule has 0 unspecified atom stereocenters. The van der Waals surface area contributed by atoms with E-state index in [0.29, 0.717) is 16.1 Å². The van der Waals surface area contributed by atoms with E-state index in [9.17, 15) is 4.79 Å². The molecule has 0 atom stereocenters. The maximum atomic E-state index is 12.1. The van der Waals surface area contributed by atoms with Crippen LogP contribution in [0.25, 0.3) is 0 Å². The van der Waals surface area contributed by atoms with Crippen LogP contribution in [0.4, 0.5) is 10.9 Å². The fourth-order valence-electron chi connectivity index (χ4n) is 2.93. The van der Waals surface area contributed by atoms with Gasteiger partial charge in [0.25, 0.3) is 5.91 Å². The van der Waals surface area contributed by atoms with Crippen molar-refractivity contribution in [3.63, 3.8) is 0 Å². The summed E-state index contributed by atoms with van der Waals surface area (Å²) in [5.74, 6) is 0.556. The number of nitrogens with zero attached hydrogens (tertiary/aromatic N) is 3. The average molecular weight is 365 g/mol. The maximum absolute atomic E-state index is 12.1. The lowest BCUT2D eigenvalue weighted by molar-refractivity contribution is 0.102. The number of benzene rings is 1. The third-order valence-corrected chi connectivity index (χ3v) is 5.24. The fraction of sp³-hybridized carbons (Fsp3) is 0.263. The molecule has 7 heteroatoms. The zero-order valence-corrected chi connectivity index (χ0v) is 15.0. The molecule has 3 aromatic rings. The fourth-order valence-corrected chi connectivity index (χ4v) is 3.37. The molecular formula is C19H19N5OS. The van der Waals surface area contributed by atoms with Crippen molar-refractivity contribution >= 4 is 28.2 Å². The number of rotatable bonds is 7. The monoisotopic (exact) mass is 365 g/mol. The number of nitrogens with one attached hydrogen (secondary N) is 2. The van der Waals surface area contributed by atoms with Gasteiger partial charge in [-0.2, -0.15) is 0 Å². The summed E-state index contributed by atoms with van der Waals surface area (Å²) in [6.45, 7) is 0.894. The summed E-state index contributed by atoms with van der Waals surface area (Å²) >= 11 is 1.28. The van der Waals surface area contributed by atoms with Crippen LogP contribution in [0.3, 0.4) is 0 Å². The molecule has 26 heavy (non-hydrogen) atoms. The van der Waals surface area contributed by atoms with E-state index < -0.39 is 0 Å². The van der Waals surface area contributed by atoms with E-state index in [4.69, 9.17) is 0 Å². The highest BCUT2D eigenvalue weighted by molar-refractivity contribution is 7.13. The topological polar surface area (TPSA) is 79.8 Å². The first-order valence-corrected chi connectivity index (χ1v) is 9.42. The lowest BCUT2D eigenvalue weighted by Gasteiger charge is -2.16. The van der Waals surface area contributed by atoms with E-state index in [1.54, 1.807) is 17.8 Å². The summed E-state index contributed by atoms with van der Waals surface area (Å²) < 4.78 is 0. The number of carbonyl (C=O) groups excluding carboxylic acids is 1. The first kappa shape index (κ1) is 16.7. The number of anilines is 2. The van der Waals surface area contributed by atoms with Gasteiger partial charge in [0, 0.05) is 12.7 Å². The highest BCUT2D eigenvalue weighted by Gasteiger charge is 2.42. The molecule has 2 N–H and O–H groups in total. The SMILES string of the molecule is O=C(Nc1nncs1)c1ccc(NCC2(Cc3ccccc3)CC2)nc1. The molecule has 1 aliphatic rings. The summed E-state index contributed by atoms with van der Waals surface area (Å²) in [7, 11) is 0. The summed E-state index contributed by atoms with van der Waals surface area (Å²) in [6.07, 6.45) is 5.13. The predicted molar refractivity (Wildman–Crippen MR) is 102 cm³/mol. The van der Waals surface area contributed by atoms with Gasteiger partial charge in [-0.1, -0.05) is 41.7 Å². The minimum Gasteiger partial charge on any atom is -0.370 e. The molecule has 4 rings (SSSR count). The highest BCUT2D eigenvalue weighted by atomic mass is 32.1. The maximum Gasteiger partial charge on any atom is 0.259 e. The minimum absolute atomic E-state index is 0.233. The molecule has 0 radical (unpaired) electrons. The Kier molecular flexibility index (Phi) is 4.62. The zero-order chi connectivity index (χ0) is 17.8. The minimum atomic E-state index is -0.233. The Morgan fingerprint density at radius 1 is 1.15 bits per heavy atom. The van der Waals surface area contributed by atoms with E-state index in [1.807, 2.05) is 12.1 Å². The lowest BCUT2D eigenvalue weighted by Crippen LogP contribution is -2.19. The third-order valence-electron chi connectivity index (χ3n) is 4.63. The van der Waals surface area contributed by atoms with Gasteiger partial charge in [0.15, 0.2) is 0 Å². The largest absolute Gasteiger partial charge is 0.370 e. The average Bonchev–Trinajstić information content (AvgIpc) is 3.24. The molecule has 2 heterocycles. The molecule has 0 saturated heterocycles. The van der Waals surface area contributed by atoms with Gasteiger partial charge in [-0.25, -0.2) is 4.98 Å². The normalized spacial score (nSPS) is 14.6. The van der Waals surface area contributed by atoms with Crippen molar-refractivity contribution in [2.75, 3.05) is 17.2 Å². The predicted octanol–water partition coefficient (Wildman–Crippen LogP) is 3.62. The number of amides is 1. The van der Waals surface area contributed by atoms with Crippen molar-refractivity contribution in [1.82, 2.24) is 15.2 Å². The molecule has 0 bridgehead atoms. The summed E-state index contributed by atoms with van der Waals surface area (Å²) in [5, 5.41) is 14.1. The summed E-state index contributed by atoms with van der Waals surface area (Å²) in [5.41, 5.74) is 3.78. The van der Waals surface area contributed by atoms with Crippen molar-refractivity contribution < 1.29 is 4.79 Å². The lowest BCUT2D eigenvalue weighted by atomic mass is 9.96. The van der Waals surface area contributed by atoms with E-state index >= 15 is 0 Å². The molecule has 0 spiro atoms. The van der Waals surface area contributed by atoms with Gasteiger partial charge < -0.3 is 5.32 Å². The number of hydrogen-bond acceptors (Lipinski definition) is 6. The molecule has 6 nitrogen and oxygen atoms in total. The third kappa shape index (κ3) is 4.05. The van der Waals surface area contributed by atoms with E-state index in [-0.39, 0.29) is 5.91 Å². The van der Waals surface area contributed by atoms with Gasteiger partial charge in [-0.05, 0) is 42.4 Å². The van der Waals surface area contributed by atoms with Crippen LogP contribution in [-0.2, 0) is 6.42 Å². The first-order chi connectivity index (χ1) is 12.7. The molecule has 2 aromatic heterocycles. The smallest absolute Gasteiger partial charge is 0.259 e. The Balaban J connectivity index is 1.32. The Morgan fingerprint density at radius 2 is 2.00 bits per heavy atom. The Labute approximate surface area is 155 Å². The van der Waals surface area contributed by atoms with Crippen LogP contribution in [0.15, 0.2) is 54.2 Å². The molecule has 1 fully saturated rings. The van der Waals surface area contributed by atoms with Crippen LogP contribution in [-0.4, -0.2) is 27.6 Å². The highest BCUT2D eigenvalue weighted by Crippen LogP contribution is 2.48. The first-order valence-electron chi connectivity index (χ1n) is 8.54. The molecule has 1 aromatic carbocycles. The van der Waals surface area contributed by atoms with E-state index in [0.717, 1.165) is 18.8 Å². The van der Waals surface area contributed by atoms with E-state index in [1.165, 1.54) is 29.7 Å². The number of pyridine rings is 1. The number of carbonyl (C=O) groups is 1. The second-order valence-electron chi connectivity index (χ2n) is 6.65. The molecule has 1 aliphatic carbocycles. The number of aromatic nitrogens is 3. The van der Waals surface area contributed by atoms with Crippen molar-refractivity contribution in [2.24, 2.45) is 5.41 Å². The van der Waals surface area contributed by atoms with Gasteiger partial charge in [0.1, 0.15) is 11.3 Å². The standard InChI is InChI=1S/C19H19N5OS/c25-17(23-18-24-22-13-26-18)15-6-7-16(20-11-15)21-12-19(8-9-19)10-14-4-2-1-3-5-14/h1-7,11,13H,8-10,12H2,(H,20,21)(H,23,24,25). The second kappa shape index (κ2) is 7.21. The van der Waals surface area contributed by atoms with Crippen LogP contribution in [0, 0.1) is 5.41 Å². The van der Waals surface area contributed by atoms with Crippen LogP contribution in [0.5, 0.6) is 0 Å². The van der Waals surface area contributed by atoms with Crippen molar-refractivity contribution in [3.05, 3.63) is 65.3 Å². The van der Waals surface area contributed by atoms with Crippen LogP contribution >= 0.6 is 11.3 Å². The van der Waals surface area contributed by atoms with Gasteiger partial charge in [-0.15, -0.1) is 10.2 Å². The van der Waals surface area contributed by atoms with Gasteiger partial charge >= 0.3 is 0 Å². The van der Waals surface area contributed by atoms with Crippen LogP contribution in [0.2, 0.25) is 0 Å². The zero-order valence-electron chi connectivity index (χ0n) is 14.2. The van der Waals surface area contributed by atoms with Crippen molar-refractivity contribution in [3.8, 4) is 0 Å². The van der Waals surface area contributed by atoms with Gasteiger partial charge in [-0.3, -0.25) is 10.1 Å². The molecule has 1 saturated carbocycles. The van der Waals surface area contributed by atoms with Crippen LogP contribution in [0.1, 0.15) is 28.8 Å². The summed E-state index contributed by atoms with van der Waals surface area (Å²) in [6, 6.07) is 14.2. The number of hydrogen-bond donors (Lipinski definition) is 2. The molecule has 132 valence electrons. The Morgan fingerprint density at radius 3 is 2.65 bits per heavy atom.